The van der Waals surface area contributed by atoms with E-state index in [1.807, 2.05) is 16.9 Å². The van der Waals surface area contributed by atoms with Gasteiger partial charge in [0.05, 0.1) is 7.11 Å². The number of hydrogen-bond acceptors (Lipinski definition) is 6. The van der Waals surface area contributed by atoms with Crippen LogP contribution in [0, 0.1) is 17.3 Å². The van der Waals surface area contributed by atoms with E-state index in [2.05, 4.69) is 26.5 Å². The van der Waals surface area contributed by atoms with Crippen LogP contribution in [0.1, 0.15) is 71.8 Å². The molecule has 8 rings (SSSR count). The molecule has 5 aliphatic rings. The van der Waals surface area contributed by atoms with Crippen molar-refractivity contribution in [1.82, 2.24) is 19.1 Å². The first-order valence-corrected chi connectivity index (χ1v) is 20.8. The molecule has 2 aromatic carbocycles. The van der Waals surface area contributed by atoms with E-state index in [1.54, 1.807) is 19.2 Å². The summed E-state index contributed by atoms with van der Waals surface area (Å²) < 4.78 is 34.6. The normalized spacial score (nSPS) is 27.5. The Hall–Kier alpha value is -2.49. The summed E-state index contributed by atoms with van der Waals surface area (Å²) in [5.74, 6) is 1.80. The van der Waals surface area contributed by atoms with Crippen LogP contribution in [0.4, 0.5) is 0 Å². The van der Waals surface area contributed by atoms with Crippen LogP contribution in [0.3, 0.4) is 0 Å². The molecule has 0 bridgehead atoms. The van der Waals surface area contributed by atoms with Crippen molar-refractivity contribution >= 4 is 58.7 Å². The molecule has 4 fully saturated rings. The van der Waals surface area contributed by atoms with Gasteiger partial charge in [0.2, 0.25) is 0 Å². The molecule has 46 heavy (non-hydrogen) atoms. The third-order valence-electron chi connectivity index (χ3n) is 11.5. The van der Waals surface area contributed by atoms with E-state index in [0.29, 0.717) is 24.3 Å². The van der Waals surface area contributed by atoms with Gasteiger partial charge in [-0.2, -0.15) is 8.42 Å². The van der Waals surface area contributed by atoms with Crippen molar-refractivity contribution < 1.29 is 22.7 Å². The molecule has 12 heteroatoms. The van der Waals surface area contributed by atoms with Crippen LogP contribution in [0.15, 0.2) is 36.4 Å². The molecule has 4 heterocycles. The molecular weight excluding hydrogens is 798 g/mol. The number of ether oxygens (including phenoxy) is 1. The van der Waals surface area contributed by atoms with Gasteiger partial charge in [-0.1, -0.05) is 25.3 Å². The zero-order chi connectivity index (χ0) is 32.0. The molecule has 241 valence electrons. The summed E-state index contributed by atoms with van der Waals surface area (Å²) in [4.78, 5) is 32.5. The molecule has 4 atom stereocenters. The van der Waals surface area contributed by atoms with Gasteiger partial charge in [-0.15, -0.1) is 0 Å². The first-order valence-electron chi connectivity index (χ1n) is 16.5. The number of nitrogens with two attached hydrogens (primary N) is 1. The van der Waals surface area contributed by atoms with E-state index in [0.717, 1.165) is 73.4 Å². The van der Waals surface area contributed by atoms with Crippen LogP contribution < -0.4 is 14.6 Å². The van der Waals surface area contributed by atoms with Gasteiger partial charge < -0.3 is 4.74 Å². The van der Waals surface area contributed by atoms with Gasteiger partial charge in [-0.25, -0.2) is 9.86 Å². The minimum atomic E-state index is -4.22. The molecule has 1 aromatic heterocycles. The van der Waals surface area contributed by atoms with E-state index in [4.69, 9.17) is 9.88 Å². The summed E-state index contributed by atoms with van der Waals surface area (Å²) in [5, 5.41) is 6.23. The SMILES string of the molecule is COc1ccc2c(c1)C1CC1(C(=O)N1CC3CN([CH2][Pb])CC3C1)Cn1c-2c(C2CCCCC2)c2ccc(C(=O)NS(N)(=O)=O)cc21. The molecule has 2 aliphatic carbocycles. The van der Waals surface area contributed by atoms with Crippen molar-refractivity contribution in [3.8, 4) is 17.0 Å². The maximum absolute atomic E-state index is 14.8. The molecular formula is C34H40N5O5PbS. The van der Waals surface area contributed by atoms with Gasteiger partial charge in [0, 0.05) is 5.56 Å². The zero-order valence-corrected chi connectivity index (χ0v) is 30.8. The number of aromatic nitrogens is 1. The van der Waals surface area contributed by atoms with Crippen molar-refractivity contribution in [2.75, 3.05) is 37.4 Å². The van der Waals surface area contributed by atoms with Crippen LogP contribution in [0.25, 0.3) is 22.2 Å². The Kier molecular flexibility index (Phi) is 7.57. The van der Waals surface area contributed by atoms with Gasteiger partial charge >= 0.3 is 174 Å². The molecule has 2 amide bonds. The van der Waals surface area contributed by atoms with E-state index < -0.39 is 21.5 Å². The number of hydrogen-bond donors (Lipinski definition) is 2. The quantitative estimate of drug-likeness (QED) is 0.368. The number of nitrogens with one attached hydrogen (secondary N) is 1. The number of likely N-dealkylation sites (tertiary alicyclic amines) is 2. The first-order chi connectivity index (χ1) is 22.1. The van der Waals surface area contributed by atoms with E-state index in [1.165, 1.54) is 60.3 Å². The monoisotopic (exact) mass is 838 g/mol. The fourth-order valence-electron chi connectivity index (χ4n) is 9.31. The van der Waals surface area contributed by atoms with Gasteiger partial charge in [0.25, 0.3) is 16.1 Å². The fourth-order valence-corrected chi connectivity index (χ4v) is 10.7. The number of methoxy groups -OCH3 is 1. The van der Waals surface area contributed by atoms with Gasteiger partial charge in [0.1, 0.15) is 0 Å². The predicted molar refractivity (Wildman–Crippen MR) is 176 cm³/mol. The summed E-state index contributed by atoms with van der Waals surface area (Å²) in [7, 11) is -2.53. The van der Waals surface area contributed by atoms with Gasteiger partial charge in [-0.3, -0.25) is 4.79 Å². The second kappa shape index (κ2) is 11.3. The first kappa shape index (κ1) is 30.8. The second-order valence-corrected chi connectivity index (χ2v) is 16.7. The molecule has 3 radical (unpaired) electrons. The third kappa shape index (κ3) is 5.02. The fraction of sp³-hybridized carbons (Fsp3) is 0.529. The van der Waals surface area contributed by atoms with Crippen molar-refractivity contribution in [3.63, 3.8) is 0 Å². The Morgan fingerprint density at radius 2 is 1.78 bits per heavy atom. The summed E-state index contributed by atoms with van der Waals surface area (Å²) in [6, 6.07) is 11.7. The van der Waals surface area contributed by atoms with Crippen LogP contribution in [-0.4, -0.2) is 97.8 Å². The van der Waals surface area contributed by atoms with Crippen molar-refractivity contribution in [1.29, 1.82) is 0 Å². The second-order valence-electron chi connectivity index (χ2n) is 14.2. The summed E-state index contributed by atoms with van der Waals surface area (Å²) in [6.07, 6.45) is 6.51. The topological polar surface area (TPSA) is 127 Å². The Labute approximate surface area is 285 Å². The molecule has 3 aromatic rings. The minimum absolute atomic E-state index is 0.0756. The number of fused-ring (bicyclic) bond motifs is 8. The van der Waals surface area contributed by atoms with Crippen LogP contribution >= 0.6 is 0 Å². The van der Waals surface area contributed by atoms with Crippen LogP contribution in [-0.2, 0) is 21.5 Å². The third-order valence-corrected chi connectivity index (χ3v) is 13.7. The number of carbonyl (C=O) groups excluding carboxylic acids is 2. The number of carbonyl (C=O) groups is 2. The number of nitrogens with zero attached hydrogens (tertiary/aromatic N) is 3. The van der Waals surface area contributed by atoms with Gasteiger partial charge in [0.15, 0.2) is 0 Å². The summed E-state index contributed by atoms with van der Waals surface area (Å²) >= 11 is 1.17. The van der Waals surface area contributed by atoms with Gasteiger partial charge in [-0.05, 0) is 30.9 Å². The standard InChI is InChI=1S/C34H40N5O5S.Pb/c1-37-15-22-17-38(18-23(22)16-37)33(41)34-14-28(34)27-13-24(44-2)9-11-25(27)31-30(20-6-4-3-5-7-20)26-10-8-21(12-29(26)39(31)19-34)32(40)36-45(35,42)43;/h8-13,20,22-23,28H,1,3-7,14-19H2,2H3,(H,36,40)(H2,35,42,43);. The summed E-state index contributed by atoms with van der Waals surface area (Å²) in [5.41, 5.74) is 5.20. The molecule has 4 unspecified atom stereocenters. The molecule has 2 saturated heterocycles. The molecule has 10 nitrogen and oxygen atoms in total. The maximum atomic E-state index is 14.8. The average molecular weight is 838 g/mol. The van der Waals surface area contributed by atoms with Crippen molar-refractivity contribution in [2.24, 2.45) is 22.4 Å². The Morgan fingerprint density at radius 1 is 1.04 bits per heavy atom. The zero-order valence-electron chi connectivity index (χ0n) is 26.1. The van der Waals surface area contributed by atoms with E-state index in [9.17, 15) is 18.0 Å². The Bertz CT molecular complexity index is 1860. The van der Waals surface area contributed by atoms with Crippen molar-refractivity contribution in [2.45, 2.75) is 56.9 Å². The van der Waals surface area contributed by atoms with E-state index in [-0.39, 0.29) is 17.4 Å². The van der Waals surface area contributed by atoms with E-state index >= 15 is 0 Å². The number of amides is 2. The van der Waals surface area contributed by atoms with Crippen LogP contribution in [0.5, 0.6) is 5.75 Å². The number of benzene rings is 2. The molecule has 0 spiro atoms. The molecule has 2 saturated carbocycles. The molecule has 3 N–H and O–H groups in total. The van der Waals surface area contributed by atoms with Crippen LogP contribution in [0.2, 0.25) is 0 Å². The predicted octanol–water partition coefficient (Wildman–Crippen LogP) is 3.30. The van der Waals surface area contributed by atoms with Crippen molar-refractivity contribution in [3.05, 3.63) is 53.1 Å². The Balaban J connectivity index is 1.29. The number of rotatable bonds is 6. The Morgan fingerprint density at radius 3 is 2.46 bits per heavy atom. The summed E-state index contributed by atoms with van der Waals surface area (Å²) in [6.45, 7) is 4.35. The molecule has 3 aliphatic heterocycles. The average Bonchev–Trinajstić information content (AvgIpc) is 3.28.